The summed E-state index contributed by atoms with van der Waals surface area (Å²) in [4.78, 5) is 11.9. The van der Waals surface area contributed by atoms with E-state index in [9.17, 15) is 4.79 Å². The molecule has 0 saturated heterocycles. The summed E-state index contributed by atoms with van der Waals surface area (Å²) in [6, 6.07) is 8.67. The summed E-state index contributed by atoms with van der Waals surface area (Å²) in [5.41, 5.74) is 0.640. The number of H-pyrrole nitrogens is 1. The zero-order chi connectivity index (χ0) is 17.3. The first-order valence-electron chi connectivity index (χ1n) is 6.73. The van der Waals surface area contributed by atoms with E-state index in [1.165, 1.54) is 6.21 Å². The van der Waals surface area contributed by atoms with Gasteiger partial charge in [0.25, 0.3) is 5.56 Å². The summed E-state index contributed by atoms with van der Waals surface area (Å²) in [5.74, 6) is 1.05. The molecule has 24 heavy (non-hydrogen) atoms. The van der Waals surface area contributed by atoms with Crippen LogP contribution in [-0.4, -0.2) is 21.1 Å². The van der Waals surface area contributed by atoms with Gasteiger partial charge in [-0.05, 0) is 49.5 Å². The molecular formula is C15H10Cl2N4O2S. The fourth-order valence-corrected chi connectivity index (χ4v) is 2.39. The van der Waals surface area contributed by atoms with Crippen molar-refractivity contribution in [2.75, 3.05) is 0 Å². The number of hydrogen-bond donors (Lipinski definition) is 1. The Morgan fingerprint density at radius 1 is 1.29 bits per heavy atom. The fourth-order valence-electron chi connectivity index (χ4n) is 1.92. The molecule has 6 nitrogen and oxygen atoms in total. The lowest BCUT2D eigenvalue weighted by Crippen LogP contribution is -2.22. The second kappa shape index (κ2) is 6.72. The lowest BCUT2D eigenvalue weighted by atomic mass is 10.2. The van der Waals surface area contributed by atoms with E-state index in [-0.39, 0.29) is 10.5 Å². The van der Waals surface area contributed by atoms with E-state index in [0.717, 1.165) is 10.2 Å². The van der Waals surface area contributed by atoms with E-state index in [4.69, 9.17) is 39.8 Å². The Hall–Kier alpha value is -2.22. The van der Waals surface area contributed by atoms with Gasteiger partial charge < -0.3 is 4.42 Å². The highest BCUT2D eigenvalue weighted by atomic mass is 35.5. The lowest BCUT2D eigenvalue weighted by Gasteiger charge is -2.00. The van der Waals surface area contributed by atoms with Crippen molar-refractivity contribution >= 4 is 41.6 Å². The van der Waals surface area contributed by atoms with Crippen LogP contribution in [0.2, 0.25) is 10.0 Å². The molecule has 3 aromatic rings. The van der Waals surface area contributed by atoms with Crippen LogP contribution in [0, 0.1) is 11.7 Å². The molecule has 2 aromatic heterocycles. The quantitative estimate of drug-likeness (QED) is 0.548. The van der Waals surface area contributed by atoms with Crippen molar-refractivity contribution in [2.45, 2.75) is 6.92 Å². The molecule has 1 aromatic carbocycles. The van der Waals surface area contributed by atoms with Gasteiger partial charge in [-0.3, -0.25) is 9.89 Å². The highest BCUT2D eigenvalue weighted by Gasteiger charge is 2.07. The van der Waals surface area contributed by atoms with Crippen molar-refractivity contribution < 1.29 is 4.42 Å². The second-order valence-corrected chi connectivity index (χ2v) is 6.01. The normalized spacial score (nSPS) is 11.3. The van der Waals surface area contributed by atoms with Gasteiger partial charge in [0.2, 0.25) is 4.77 Å². The summed E-state index contributed by atoms with van der Waals surface area (Å²) < 4.78 is 6.81. The topological polar surface area (TPSA) is 76.2 Å². The number of furan rings is 1. The minimum Gasteiger partial charge on any atom is -0.455 e. The average molecular weight is 381 g/mol. The molecule has 0 saturated carbocycles. The summed E-state index contributed by atoms with van der Waals surface area (Å²) in [6.07, 6.45) is 1.39. The van der Waals surface area contributed by atoms with Gasteiger partial charge in [0.1, 0.15) is 17.2 Å². The largest absolute Gasteiger partial charge is 0.455 e. The van der Waals surface area contributed by atoms with Gasteiger partial charge in [0, 0.05) is 5.56 Å². The third kappa shape index (κ3) is 3.33. The third-order valence-electron chi connectivity index (χ3n) is 3.14. The highest BCUT2D eigenvalue weighted by Crippen LogP contribution is 2.29. The number of halogens is 2. The smallest absolute Gasteiger partial charge is 0.296 e. The van der Waals surface area contributed by atoms with Crippen LogP contribution < -0.4 is 5.56 Å². The van der Waals surface area contributed by atoms with Crippen LogP contribution in [0.3, 0.4) is 0 Å². The van der Waals surface area contributed by atoms with Crippen LogP contribution in [0.5, 0.6) is 0 Å². The number of nitrogens with one attached hydrogen (secondary N) is 1. The summed E-state index contributed by atoms with van der Waals surface area (Å²) in [7, 11) is 0. The molecule has 0 radical (unpaired) electrons. The van der Waals surface area contributed by atoms with Gasteiger partial charge in [-0.25, -0.2) is 0 Å². The predicted octanol–water partition coefficient (Wildman–Crippen LogP) is 4.06. The molecule has 0 bridgehead atoms. The predicted molar refractivity (Wildman–Crippen MR) is 95.6 cm³/mol. The maximum Gasteiger partial charge on any atom is 0.296 e. The molecule has 3 rings (SSSR count). The van der Waals surface area contributed by atoms with Crippen molar-refractivity contribution in [3.05, 3.63) is 67.0 Å². The van der Waals surface area contributed by atoms with E-state index in [1.807, 2.05) is 0 Å². The molecule has 0 spiro atoms. The number of nitrogens with zero attached hydrogens (tertiary/aromatic N) is 3. The van der Waals surface area contributed by atoms with Gasteiger partial charge >= 0.3 is 0 Å². The number of aromatic amines is 1. The molecule has 1 N–H and O–H groups in total. The Balaban J connectivity index is 1.92. The number of aryl methyl sites for hydroxylation is 1. The molecule has 2 heterocycles. The summed E-state index contributed by atoms with van der Waals surface area (Å²) >= 11 is 16.9. The van der Waals surface area contributed by atoms with E-state index in [0.29, 0.717) is 21.6 Å². The Labute approximate surface area is 151 Å². The molecule has 0 aliphatic carbocycles. The first-order chi connectivity index (χ1) is 11.5. The van der Waals surface area contributed by atoms with Gasteiger partial charge in [-0.2, -0.15) is 14.9 Å². The SMILES string of the molecule is Cc1n[nH]c(=S)n(/N=C\c2ccc(-c3ccc(Cl)c(Cl)c3)o2)c1=O. The van der Waals surface area contributed by atoms with Crippen LogP contribution in [-0.2, 0) is 0 Å². The van der Waals surface area contributed by atoms with Crippen LogP contribution in [0.15, 0.2) is 44.6 Å². The molecule has 122 valence electrons. The van der Waals surface area contributed by atoms with Gasteiger partial charge in [-0.1, -0.05) is 23.2 Å². The molecule has 9 heteroatoms. The van der Waals surface area contributed by atoms with Crippen LogP contribution in [0.4, 0.5) is 0 Å². The molecule has 0 aliphatic heterocycles. The number of hydrogen-bond acceptors (Lipinski definition) is 5. The molecule has 0 unspecified atom stereocenters. The molecule has 0 fully saturated rings. The highest BCUT2D eigenvalue weighted by molar-refractivity contribution is 7.71. The van der Waals surface area contributed by atoms with Crippen molar-refractivity contribution in [2.24, 2.45) is 5.10 Å². The van der Waals surface area contributed by atoms with Crippen LogP contribution >= 0.6 is 35.4 Å². The Bertz CT molecular complexity index is 1050. The van der Waals surface area contributed by atoms with Crippen molar-refractivity contribution in [3.8, 4) is 11.3 Å². The van der Waals surface area contributed by atoms with E-state index < -0.39 is 5.56 Å². The van der Waals surface area contributed by atoms with Gasteiger partial charge in [0.05, 0.1) is 16.3 Å². The van der Waals surface area contributed by atoms with E-state index >= 15 is 0 Å². The number of benzene rings is 1. The maximum atomic E-state index is 11.9. The molecule has 0 aliphatic rings. The third-order valence-corrected chi connectivity index (χ3v) is 4.15. The number of rotatable bonds is 3. The fraction of sp³-hybridized carbons (Fsp3) is 0.0667. The van der Waals surface area contributed by atoms with Crippen molar-refractivity contribution in [1.29, 1.82) is 0 Å². The zero-order valence-electron chi connectivity index (χ0n) is 12.3. The lowest BCUT2D eigenvalue weighted by molar-refractivity contribution is 0.573. The van der Waals surface area contributed by atoms with Gasteiger partial charge in [-0.15, -0.1) is 0 Å². The Morgan fingerprint density at radius 3 is 2.83 bits per heavy atom. The van der Waals surface area contributed by atoms with Crippen LogP contribution in [0.1, 0.15) is 11.5 Å². The maximum absolute atomic E-state index is 11.9. The average Bonchev–Trinajstić information content (AvgIpc) is 3.03. The van der Waals surface area contributed by atoms with E-state index in [2.05, 4.69) is 15.3 Å². The van der Waals surface area contributed by atoms with Crippen molar-refractivity contribution in [1.82, 2.24) is 14.9 Å². The monoisotopic (exact) mass is 380 g/mol. The van der Waals surface area contributed by atoms with Gasteiger partial charge in [0.15, 0.2) is 0 Å². The summed E-state index contributed by atoms with van der Waals surface area (Å²) in [6.45, 7) is 1.56. The standard InChI is InChI=1S/C15H10Cl2N4O2S/c1-8-14(22)21(15(24)20-19-8)18-7-10-3-5-13(23-10)9-2-4-11(16)12(17)6-9/h2-7H,1H3,(H,20,24)/b18-7-. The first kappa shape index (κ1) is 16.6. The van der Waals surface area contributed by atoms with Crippen LogP contribution in [0.25, 0.3) is 11.3 Å². The zero-order valence-corrected chi connectivity index (χ0v) is 14.6. The summed E-state index contributed by atoms with van der Waals surface area (Å²) in [5, 5.41) is 11.3. The van der Waals surface area contributed by atoms with E-state index in [1.54, 1.807) is 37.3 Å². The minimum absolute atomic E-state index is 0.0955. The Morgan fingerprint density at radius 2 is 2.08 bits per heavy atom. The van der Waals surface area contributed by atoms with Crippen molar-refractivity contribution in [3.63, 3.8) is 0 Å². The Kier molecular flexibility index (Phi) is 4.66. The molecule has 0 amide bonds. The molecule has 0 atom stereocenters. The number of aromatic nitrogens is 3. The first-order valence-corrected chi connectivity index (χ1v) is 7.90. The molecular weight excluding hydrogens is 371 g/mol. The minimum atomic E-state index is -0.397. The second-order valence-electron chi connectivity index (χ2n) is 4.81.